The van der Waals surface area contributed by atoms with Gasteiger partial charge in [0, 0.05) is 41.4 Å². The van der Waals surface area contributed by atoms with Crippen LogP contribution in [0, 0.1) is 17.1 Å². The molecule has 0 aliphatic carbocycles. The molecule has 5 aromatic rings. The highest BCUT2D eigenvalue weighted by Gasteiger charge is 2.32. The Bertz CT molecular complexity index is 1890. The van der Waals surface area contributed by atoms with Crippen molar-refractivity contribution in [1.82, 2.24) is 25.3 Å². The van der Waals surface area contributed by atoms with Crippen molar-refractivity contribution in [3.05, 3.63) is 90.2 Å². The first kappa shape index (κ1) is 28.3. The zero-order valence-corrected chi connectivity index (χ0v) is 25.4. The van der Waals surface area contributed by atoms with Gasteiger partial charge in [0.2, 0.25) is 0 Å². The largest absolute Gasteiger partial charge is 0.378 e. The minimum absolute atomic E-state index is 0.0563. The number of aromatic amines is 1. The van der Waals surface area contributed by atoms with Crippen molar-refractivity contribution in [3.63, 3.8) is 0 Å². The van der Waals surface area contributed by atoms with E-state index in [1.165, 1.54) is 28.8 Å². The van der Waals surface area contributed by atoms with Gasteiger partial charge in [-0.2, -0.15) is 5.26 Å². The van der Waals surface area contributed by atoms with Crippen molar-refractivity contribution in [3.8, 4) is 6.07 Å². The molecule has 218 valence electrons. The number of nitriles is 1. The van der Waals surface area contributed by atoms with Crippen LogP contribution < -0.4 is 10.6 Å². The Labute approximate surface area is 264 Å². The summed E-state index contributed by atoms with van der Waals surface area (Å²) >= 11 is 20.5. The number of nitrogens with zero attached hydrogens (tertiary/aromatic N) is 5. The molecule has 1 atom stereocenters. The van der Waals surface area contributed by atoms with Crippen molar-refractivity contribution < 1.29 is 9.13 Å². The second-order valence-electron chi connectivity index (χ2n) is 10.3. The number of hydrogen-bond donors (Lipinski definition) is 3. The van der Waals surface area contributed by atoms with Crippen LogP contribution in [-0.2, 0) is 17.7 Å². The topological polar surface area (TPSA) is 115 Å². The van der Waals surface area contributed by atoms with E-state index < -0.39 is 5.82 Å². The molecule has 43 heavy (non-hydrogen) atoms. The normalized spacial score (nSPS) is 16.0. The van der Waals surface area contributed by atoms with Crippen molar-refractivity contribution in [2.24, 2.45) is 0 Å². The third kappa shape index (κ3) is 5.18. The van der Waals surface area contributed by atoms with Crippen LogP contribution in [0.4, 0.5) is 21.5 Å². The van der Waals surface area contributed by atoms with Gasteiger partial charge in [0.05, 0.1) is 62.8 Å². The Morgan fingerprint density at radius 2 is 2.07 bits per heavy atom. The van der Waals surface area contributed by atoms with E-state index >= 15 is 4.39 Å². The predicted octanol–water partition coefficient (Wildman–Crippen LogP) is 7.09. The van der Waals surface area contributed by atoms with Crippen LogP contribution in [0.15, 0.2) is 42.0 Å². The molecule has 0 bridgehead atoms. The molecule has 3 aromatic heterocycles. The number of pyridine rings is 1. The minimum Gasteiger partial charge on any atom is -0.378 e. The second-order valence-corrected chi connectivity index (χ2v) is 12.5. The summed E-state index contributed by atoms with van der Waals surface area (Å²) in [7, 11) is 0. The van der Waals surface area contributed by atoms with Crippen molar-refractivity contribution in [2.45, 2.75) is 25.0 Å². The van der Waals surface area contributed by atoms with E-state index in [1.54, 1.807) is 23.6 Å². The Kier molecular flexibility index (Phi) is 7.59. The molecule has 1 saturated heterocycles. The number of nitrogens with one attached hydrogen (secondary N) is 3. The molecule has 9 nitrogen and oxygen atoms in total. The number of anilines is 3. The summed E-state index contributed by atoms with van der Waals surface area (Å²) < 4.78 is 20.4. The first-order valence-electron chi connectivity index (χ1n) is 13.4. The van der Waals surface area contributed by atoms with Crippen molar-refractivity contribution in [1.29, 1.82) is 5.26 Å². The molecule has 1 fully saturated rings. The molecule has 14 heteroatoms. The van der Waals surface area contributed by atoms with Crippen molar-refractivity contribution in [2.75, 3.05) is 30.4 Å². The summed E-state index contributed by atoms with van der Waals surface area (Å²) in [6, 6.07) is 8.82. The number of rotatable bonds is 7. The lowest BCUT2D eigenvalue weighted by atomic mass is 9.95. The molecule has 2 aliphatic rings. The van der Waals surface area contributed by atoms with Gasteiger partial charge in [0.1, 0.15) is 11.8 Å². The molecule has 3 N–H and O–H groups in total. The van der Waals surface area contributed by atoms with Gasteiger partial charge in [-0.3, -0.25) is 15.0 Å². The van der Waals surface area contributed by atoms with Gasteiger partial charge in [-0.25, -0.2) is 4.39 Å². The van der Waals surface area contributed by atoms with E-state index in [1.807, 2.05) is 6.07 Å². The quantitative estimate of drug-likeness (QED) is 0.159. The van der Waals surface area contributed by atoms with Gasteiger partial charge in [0.15, 0.2) is 5.82 Å². The van der Waals surface area contributed by atoms with Gasteiger partial charge in [-0.15, -0.1) is 16.4 Å². The minimum atomic E-state index is -0.736. The van der Waals surface area contributed by atoms with Crippen LogP contribution in [-0.4, -0.2) is 51.1 Å². The highest BCUT2D eigenvalue weighted by atomic mass is 35.5. The summed E-state index contributed by atoms with van der Waals surface area (Å²) in [6.07, 6.45) is 4.08. The van der Waals surface area contributed by atoms with Gasteiger partial charge in [-0.1, -0.05) is 40.0 Å². The lowest BCUT2D eigenvalue weighted by Gasteiger charge is -2.39. The molecule has 5 heterocycles. The summed E-state index contributed by atoms with van der Waals surface area (Å²) in [5.41, 5.74) is 4.83. The van der Waals surface area contributed by atoms with E-state index in [4.69, 9.17) is 39.5 Å². The number of H-pyrrole nitrogens is 1. The zero-order valence-electron chi connectivity index (χ0n) is 22.3. The first-order chi connectivity index (χ1) is 20.9. The number of benzene rings is 2. The van der Waals surface area contributed by atoms with E-state index in [0.717, 1.165) is 38.3 Å². The summed E-state index contributed by atoms with van der Waals surface area (Å²) in [5, 5.41) is 30.5. The fourth-order valence-corrected chi connectivity index (χ4v) is 7.24. The highest BCUT2D eigenvalue weighted by molar-refractivity contribution is 7.10. The number of thiophene rings is 1. The van der Waals surface area contributed by atoms with Crippen LogP contribution in [0.5, 0.6) is 0 Å². The zero-order chi connectivity index (χ0) is 29.7. The molecule has 2 aliphatic heterocycles. The van der Waals surface area contributed by atoms with Gasteiger partial charge in [-0.05, 0) is 47.2 Å². The Hall–Kier alpha value is -3.50. The molecule has 0 amide bonds. The van der Waals surface area contributed by atoms with Gasteiger partial charge < -0.3 is 15.4 Å². The summed E-state index contributed by atoms with van der Waals surface area (Å²) in [5.74, 6) is -0.736. The molecule has 0 spiro atoms. The Balaban J connectivity index is 1.28. The third-order valence-electron chi connectivity index (χ3n) is 7.84. The van der Waals surface area contributed by atoms with Crippen LogP contribution in [0.25, 0.3) is 10.9 Å². The average Bonchev–Trinajstić information content (AvgIpc) is 3.66. The number of aromatic nitrogens is 4. The first-order valence-corrected chi connectivity index (χ1v) is 15.4. The van der Waals surface area contributed by atoms with E-state index in [0.29, 0.717) is 39.0 Å². The Morgan fingerprint density at radius 1 is 1.21 bits per heavy atom. The Morgan fingerprint density at radius 3 is 2.81 bits per heavy atom. The van der Waals surface area contributed by atoms with Crippen LogP contribution in [0.1, 0.15) is 33.3 Å². The average molecular weight is 656 g/mol. The number of halogens is 4. The maximum Gasteiger partial charge on any atom is 0.166 e. The van der Waals surface area contributed by atoms with Crippen LogP contribution >= 0.6 is 46.1 Å². The molecular formula is C29H22Cl3FN8OS. The van der Waals surface area contributed by atoms with E-state index in [-0.39, 0.29) is 27.3 Å². The molecule has 7 rings (SSSR count). The second kappa shape index (κ2) is 11.5. The number of hydrogen-bond acceptors (Lipinski definition) is 9. The maximum absolute atomic E-state index is 15.0. The maximum atomic E-state index is 15.0. The molecular weight excluding hydrogens is 634 g/mol. The van der Waals surface area contributed by atoms with E-state index in [9.17, 15) is 5.26 Å². The van der Waals surface area contributed by atoms with Gasteiger partial charge >= 0.3 is 0 Å². The lowest BCUT2D eigenvalue weighted by molar-refractivity contribution is -0.0691. The third-order valence-corrected chi connectivity index (χ3v) is 9.94. The predicted molar refractivity (Wildman–Crippen MR) is 166 cm³/mol. The summed E-state index contributed by atoms with van der Waals surface area (Å²) in [6.45, 7) is 3.43. The summed E-state index contributed by atoms with van der Waals surface area (Å²) in [4.78, 5) is 8.23. The smallest absolute Gasteiger partial charge is 0.166 e. The standard InChI is InChI=1S/C29H22Cl3FN8OS/c30-20-1-2-22(26(33)25(20)32)38-27-14(7-34)8-35-28-18(27)5-15(6-21(28)31)37-29(23-9-36-40-39-23)19-13-43-24-10-41(4-3-17(19)24)16-11-42-12-16/h1-2,5-6,8-9,13,16,29,37H,3-4,10-12H2,(H,35,38)(H,36,39,40)/t29-/m0/s1. The molecule has 0 radical (unpaired) electrons. The van der Waals surface area contributed by atoms with Crippen molar-refractivity contribution >= 4 is 74.1 Å². The van der Waals surface area contributed by atoms with Crippen LogP contribution in [0.2, 0.25) is 15.1 Å². The lowest BCUT2D eigenvalue weighted by Crippen LogP contribution is -2.50. The monoisotopic (exact) mass is 654 g/mol. The highest BCUT2D eigenvalue weighted by Crippen LogP contribution is 2.40. The number of fused-ring (bicyclic) bond motifs is 2. The van der Waals surface area contributed by atoms with E-state index in [2.05, 4.69) is 47.4 Å². The fourth-order valence-electron chi connectivity index (χ4n) is 5.51. The number of ether oxygens (including phenoxy) is 1. The molecule has 2 aromatic carbocycles. The fraction of sp³-hybridized carbons (Fsp3) is 0.241. The van der Waals surface area contributed by atoms with Gasteiger partial charge in [0.25, 0.3) is 0 Å². The van der Waals surface area contributed by atoms with Crippen LogP contribution in [0.3, 0.4) is 0 Å². The SMILES string of the molecule is N#Cc1cnc2c(Cl)cc(N[C@H](c3c[nH]nn3)c3csc4c3CCN(C3COC3)C4)cc2c1Nc1ccc(Cl)c(Cl)c1F. The molecule has 0 unspecified atom stereocenters. The molecule has 0 saturated carbocycles.